The number of para-hydroxylation sites is 2. The zero-order chi connectivity index (χ0) is 15.3. The van der Waals surface area contributed by atoms with E-state index >= 15 is 0 Å². The zero-order valence-electron chi connectivity index (χ0n) is 11.9. The van der Waals surface area contributed by atoms with Gasteiger partial charge in [0, 0.05) is 0 Å². The maximum atomic E-state index is 12.1. The molecule has 0 spiro atoms. The third kappa shape index (κ3) is 4.33. The van der Waals surface area contributed by atoms with Gasteiger partial charge in [-0.3, -0.25) is 0 Å². The first-order valence-corrected chi connectivity index (χ1v) is 8.71. The number of aliphatic hydroxyl groups is 1. The van der Waals surface area contributed by atoms with Gasteiger partial charge in [-0.15, -0.1) is 0 Å². The van der Waals surface area contributed by atoms with Crippen LogP contribution in [-0.4, -0.2) is 38.0 Å². The summed E-state index contributed by atoms with van der Waals surface area (Å²) in [4.78, 5) is 0. The van der Waals surface area contributed by atoms with Gasteiger partial charge in [-0.1, -0.05) is 25.0 Å². The third-order valence-electron chi connectivity index (χ3n) is 3.76. The van der Waals surface area contributed by atoms with Crippen LogP contribution in [0.15, 0.2) is 24.3 Å². The molecule has 0 atom stereocenters. The largest absolute Gasteiger partial charge is 0.490 e. The molecule has 6 nitrogen and oxygen atoms in total. The highest BCUT2D eigenvalue weighted by atomic mass is 32.2. The summed E-state index contributed by atoms with van der Waals surface area (Å²) in [6, 6.07) is 6.95. The van der Waals surface area contributed by atoms with Crippen molar-refractivity contribution in [1.29, 1.82) is 0 Å². The molecule has 0 bridgehead atoms. The van der Waals surface area contributed by atoms with Crippen LogP contribution in [0.5, 0.6) is 5.75 Å². The number of hydrogen-bond acceptors (Lipinski definition) is 5. The predicted octanol–water partition coefficient (Wildman–Crippen LogP) is 0.872. The highest BCUT2D eigenvalue weighted by molar-refractivity contribution is 7.89. The van der Waals surface area contributed by atoms with Crippen LogP contribution in [0.25, 0.3) is 0 Å². The second kappa shape index (κ2) is 6.64. The second-order valence-electron chi connectivity index (χ2n) is 5.45. The Morgan fingerprint density at radius 3 is 2.57 bits per heavy atom. The SMILES string of the molecule is Nc1ccccc1OCCS(=O)(=O)NC1(CO)CCCC1. The fourth-order valence-corrected chi connectivity index (χ4v) is 3.93. The summed E-state index contributed by atoms with van der Waals surface area (Å²) in [6.07, 6.45) is 3.21. The number of hydrogen-bond donors (Lipinski definition) is 3. The van der Waals surface area contributed by atoms with E-state index in [0.29, 0.717) is 24.3 Å². The van der Waals surface area contributed by atoms with Gasteiger partial charge in [-0.05, 0) is 25.0 Å². The maximum Gasteiger partial charge on any atom is 0.215 e. The van der Waals surface area contributed by atoms with Crippen molar-refractivity contribution >= 4 is 15.7 Å². The van der Waals surface area contributed by atoms with E-state index in [2.05, 4.69) is 4.72 Å². The molecule has 0 aromatic heterocycles. The fraction of sp³-hybridized carbons (Fsp3) is 0.571. The van der Waals surface area contributed by atoms with Crippen molar-refractivity contribution in [2.45, 2.75) is 31.2 Å². The van der Waals surface area contributed by atoms with Gasteiger partial charge >= 0.3 is 0 Å². The van der Waals surface area contributed by atoms with Crippen molar-refractivity contribution in [3.63, 3.8) is 0 Å². The van der Waals surface area contributed by atoms with E-state index in [1.807, 2.05) is 0 Å². The Morgan fingerprint density at radius 1 is 1.29 bits per heavy atom. The molecule has 1 aliphatic rings. The van der Waals surface area contributed by atoms with Gasteiger partial charge in [0.15, 0.2) is 0 Å². The summed E-state index contributed by atoms with van der Waals surface area (Å²) < 4.78 is 32.2. The Morgan fingerprint density at radius 2 is 1.95 bits per heavy atom. The maximum absolute atomic E-state index is 12.1. The standard InChI is InChI=1S/C14H22N2O4S/c15-12-5-1-2-6-13(12)20-9-10-21(18,19)16-14(11-17)7-3-4-8-14/h1-2,5-6,16-17H,3-4,7-11,15H2. The van der Waals surface area contributed by atoms with Crippen molar-refractivity contribution in [2.24, 2.45) is 0 Å². The molecular formula is C14H22N2O4S. The van der Waals surface area contributed by atoms with Gasteiger partial charge < -0.3 is 15.6 Å². The van der Waals surface area contributed by atoms with Crippen LogP contribution in [0.4, 0.5) is 5.69 Å². The molecule has 2 rings (SSSR count). The van der Waals surface area contributed by atoms with Gasteiger partial charge in [0.1, 0.15) is 12.4 Å². The summed E-state index contributed by atoms with van der Waals surface area (Å²) >= 11 is 0. The molecule has 21 heavy (non-hydrogen) atoms. The van der Waals surface area contributed by atoms with Crippen LogP contribution >= 0.6 is 0 Å². The summed E-state index contributed by atoms with van der Waals surface area (Å²) in [5, 5.41) is 9.44. The van der Waals surface area contributed by atoms with Crippen LogP contribution < -0.4 is 15.2 Å². The van der Waals surface area contributed by atoms with Crippen LogP contribution in [0, 0.1) is 0 Å². The fourth-order valence-electron chi connectivity index (χ4n) is 2.60. The predicted molar refractivity (Wildman–Crippen MR) is 81.6 cm³/mol. The molecule has 4 N–H and O–H groups in total. The molecule has 0 amide bonds. The van der Waals surface area contributed by atoms with Crippen molar-refractivity contribution < 1.29 is 18.3 Å². The van der Waals surface area contributed by atoms with E-state index in [1.165, 1.54) is 0 Å². The number of nitrogens with one attached hydrogen (secondary N) is 1. The van der Waals surface area contributed by atoms with E-state index in [-0.39, 0.29) is 19.0 Å². The number of nitrogens with two attached hydrogens (primary N) is 1. The zero-order valence-corrected chi connectivity index (χ0v) is 12.7. The summed E-state index contributed by atoms with van der Waals surface area (Å²) in [7, 11) is -3.49. The molecule has 1 aromatic carbocycles. The minimum absolute atomic E-state index is 0.0189. The lowest BCUT2D eigenvalue weighted by Gasteiger charge is -2.27. The van der Waals surface area contributed by atoms with E-state index < -0.39 is 15.6 Å². The first-order chi connectivity index (χ1) is 9.96. The Labute approximate surface area is 125 Å². The molecule has 0 heterocycles. The minimum Gasteiger partial charge on any atom is -0.490 e. The monoisotopic (exact) mass is 314 g/mol. The average molecular weight is 314 g/mol. The van der Waals surface area contributed by atoms with Crippen molar-refractivity contribution in [2.75, 3.05) is 24.7 Å². The molecule has 1 saturated carbocycles. The minimum atomic E-state index is -3.49. The first kappa shape index (κ1) is 16.1. The third-order valence-corrected chi connectivity index (χ3v) is 5.21. The van der Waals surface area contributed by atoms with Crippen LogP contribution in [0.1, 0.15) is 25.7 Å². The quantitative estimate of drug-likeness (QED) is 0.648. The first-order valence-electron chi connectivity index (χ1n) is 7.06. The van der Waals surface area contributed by atoms with E-state index in [1.54, 1.807) is 24.3 Å². The molecule has 1 fully saturated rings. The molecule has 1 aromatic rings. The number of ether oxygens (including phenoxy) is 1. The van der Waals surface area contributed by atoms with E-state index in [4.69, 9.17) is 10.5 Å². The van der Waals surface area contributed by atoms with E-state index in [0.717, 1.165) is 12.8 Å². The van der Waals surface area contributed by atoms with Crippen LogP contribution in [0.3, 0.4) is 0 Å². The van der Waals surface area contributed by atoms with E-state index in [9.17, 15) is 13.5 Å². The highest BCUT2D eigenvalue weighted by Gasteiger charge is 2.36. The Kier molecular flexibility index (Phi) is 5.08. The average Bonchev–Trinajstić information content (AvgIpc) is 2.89. The molecule has 1 aliphatic carbocycles. The topological polar surface area (TPSA) is 102 Å². The van der Waals surface area contributed by atoms with Crippen molar-refractivity contribution in [1.82, 2.24) is 4.72 Å². The molecule has 118 valence electrons. The molecule has 0 saturated heterocycles. The van der Waals surface area contributed by atoms with Crippen molar-refractivity contribution in [3.8, 4) is 5.75 Å². The van der Waals surface area contributed by atoms with Gasteiger partial charge in [-0.2, -0.15) is 0 Å². The highest BCUT2D eigenvalue weighted by Crippen LogP contribution is 2.29. The summed E-state index contributed by atoms with van der Waals surface area (Å²) in [5.74, 6) is 0.314. The normalized spacial score (nSPS) is 17.8. The van der Waals surface area contributed by atoms with Gasteiger partial charge in [0.05, 0.1) is 23.6 Å². The molecule has 0 aliphatic heterocycles. The second-order valence-corrected chi connectivity index (χ2v) is 7.29. The number of anilines is 1. The Hall–Kier alpha value is -1.31. The number of sulfonamides is 1. The van der Waals surface area contributed by atoms with Crippen LogP contribution in [0.2, 0.25) is 0 Å². The van der Waals surface area contributed by atoms with Crippen LogP contribution in [-0.2, 0) is 10.0 Å². The number of nitrogen functional groups attached to an aromatic ring is 1. The molecule has 7 heteroatoms. The number of rotatable bonds is 7. The Bertz CT molecular complexity index is 568. The van der Waals surface area contributed by atoms with Gasteiger partial charge in [-0.25, -0.2) is 13.1 Å². The van der Waals surface area contributed by atoms with Gasteiger partial charge in [0.2, 0.25) is 10.0 Å². The smallest absolute Gasteiger partial charge is 0.215 e. The lowest BCUT2D eigenvalue weighted by atomic mass is 10.0. The lowest BCUT2D eigenvalue weighted by molar-refractivity contribution is 0.185. The summed E-state index contributed by atoms with van der Waals surface area (Å²) in [5.41, 5.74) is 5.51. The molecule has 0 radical (unpaired) electrons. The number of aliphatic hydroxyl groups excluding tert-OH is 1. The van der Waals surface area contributed by atoms with Crippen molar-refractivity contribution in [3.05, 3.63) is 24.3 Å². The lowest BCUT2D eigenvalue weighted by Crippen LogP contribution is -2.50. The molecule has 0 unspecified atom stereocenters. The number of benzene rings is 1. The molecular weight excluding hydrogens is 292 g/mol. The van der Waals surface area contributed by atoms with Gasteiger partial charge in [0.25, 0.3) is 0 Å². The Balaban J connectivity index is 1.88. The summed E-state index contributed by atoms with van der Waals surface area (Å²) in [6.45, 7) is -0.149.